The fraction of sp³-hybridized carbons (Fsp3) is 0.227. The fourth-order valence-electron chi connectivity index (χ4n) is 2.74. The molecule has 3 aromatic rings. The molecule has 0 fully saturated rings. The minimum atomic E-state index is -0.587. The van der Waals surface area contributed by atoms with Crippen LogP contribution < -0.4 is 10.1 Å². The Bertz CT molecular complexity index is 863. The Morgan fingerprint density at radius 1 is 0.880 bits per heavy atom. The van der Waals surface area contributed by atoms with Crippen molar-refractivity contribution >= 4 is 22.4 Å². The molecule has 3 rings (SSSR count). The van der Waals surface area contributed by atoms with Gasteiger partial charge in [0, 0.05) is 11.1 Å². The Morgan fingerprint density at radius 2 is 1.56 bits per heavy atom. The number of hydrogen-bond donors (Lipinski definition) is 1. The van der Waals surface area contributed by atoms with Crippen LogP contribution in [0.2, 0.25) is 0 Å². The van der Waals surface area contributed by atoms with Crippen molar-refractivity contribution in [3.8, 4) is 5.75 Å². The highest BCUT2D eigenvalue weighted by atomic mass is 16.5. The number of carbonyl (C=O) groups excluding carboxylic acids is 1. The molecule has 3 nitrogen and oxygen atoms in total. The first kappa shape index (κ1) is 17.0. The van der Waals surface area contributed by atoms with Gasteiger partial charge in [0.05, 0.1) is 0 Å². The molecule has 0 aliphatic heterocycles. The quantitative estimate of drug-likeness (QED) is 0.682. The molecule has 1 N–H and O–H groups in total. The van der Waals surface area contributed by atoms with E-state index >= 15 is 0 Å². The molecule has 0 aliphatic rings. The van der Waals surface area contributed by atoms with Crippen LogP contribution in [0.5, 0.6) is 5.75 Å². The molecule has 0 aromatic heterocycles. The van der Waals surface area contributed by atoms with Gasteiger partial charge in [0.25, 0.3) is 5.91 Å². The average molecular weight is 333 g/mol. The number of carbonyl (C=O) groups is 1. The van der Waals surface area contributed by atoms with Crippen molar-refractivity contribution in [2.24, 2.45) is 0 Å². The maximum atomic E-state index is 12.4. The number of ether oxygens (including phenoxy) is 1. The third kappa shape index (κ3) is 4.00. The van der Waals surface area contributed by atoms with E-state index < -0.39 is 6.10 Å². The van der Waals surface area contributed by atoms with E-state index in [2.05, 4.69) is 19.2 Å². The summed E-state index contributed by atoms with van der Waals surface area (Å²) in [6.07, 6.45) is -0.587. The Morgan fingerprint density at radius 3 is 2.28 bits per heavy atom. The predicted octanol–water partition coefficient (Wildman–Crippen LogP) is 5.37. The zero-order chi connectivity index (χ0) is 17.8. The summed E-state index contributed by atoms with van der Waals surface area (Å²) in [5, 5.41) is 5.01. The molecular formula is C22H23NO2. The Labute approximate surface area is 148 Å². The van der Waals surface area contributed by atoms with E-state index in [9.17, 15) is 4.79 Å². The van der Waals surface area contributed by atoms with Gasteiger partial charge >= 0.3 is 0 Å². The van der Waals surface area contributed by atoms with Crippen LogP contribution in [0.4, 0.5) is 5.69 Å². The zero-order valence-corrected chi connectivity index (χ0v) is 14.8. The maximum absolute atomic E-state index is 12.4. The van der Waals surface area contributed by atoms with Crippen molar-refractivity contribution in [3.05, 3.63) is 72.3 Å². The molecule has 1 atom stereocenters. The van der Waals surface area contributed by atoms with Gasteiger partial charge in [-0.05, 0) is 42.0 Å². The molecule has 0 spiro atoms. The zero-order valence-electron chi connectivity index (χ0n) is 14.8. The minimum Gasteiger partial charge on any atom is -0.480 e. The van der Waals surface area contributed by atoms with Crippen LogP contribution in [-0.4, -0.2) is 12.0 Å². The molecule has 3 aromatic carbocycles. The second kappa shape index (κ2) is 7.39. The first-order valence-electron chi connectivity index (χ1n) is 8.60. The molecule has 0 radical (unpaired) electrons. The summed E-state index contributed by atoms with van der Waals surface area (Å²) in [6.45, 7) is 6.06. The van der Waals surface area contributed by atoms with Crippen LogP contribution in [0.25, 0.3) is 10.8 Å². The van der Waals surface area contributed by atoms with Gasteiger partial charge in [0.15, 0.2) is 6.10 Å². The molecule has 25 heavy (non-hydrogen) atoms. The summed E-state index contributed by atoms with van der Waals surface area (Å²) < 4.78 is 5.91. The summed E-state index contributed by atoms with van der Waals surface area (Å²) in [4.78, 5) is 12.4. The van der Waals surface area contributed by atoms with Crippen molar-refractivity contribution in [2.45, 2.75) is 32.8 Å². The lowest BCUT2D eigenvalue weighted by molar-refractivity contribution is -0.122. The van der Waals surface area contributed by atoms with Crippen LogP contribution >= 0.6 is 0 Å². The molecular weight excluding hydrogens is 310 g/mol. The van der Waals surface area contributed by atoms with Crippen LogP contribution in [0.15, 0.2) is 66.7 Å². The number of fused-ring (bicyclic) bond motifs is 1. The van der Waals surface area contributed by atoms with Crippen molar-refractivity contribution < 1.29 is 9.53 Å². The van der Waals surface area contributed by atoms with Crippen LogP contribution in [-0.2, 0) is 4.79 Å². The number of anilines is 1. The molecule has 3 heteroatoms. The number of nitrogens with one attached hydrogen (secondary N) is 1. The maximum Gasteiger partial charge on any atom is 0.265 e. The first-order valence-corrected chi connectivity index (χ1v) is 8.60. The molecule has 0 unspecified atom stereocenters. The smallest absolute Gasteiger partial charge is 0.265 e. The molecule has 0 saturated heterocycles. The highest BCUT2D eigenvalue weighted by Gasteiger charge is 2.16. The molecule has 0 saturated carbocycles. The molecule has 0 heterocycles. The number of rotatable bonds is 5. The third-order valence-corrected chi connectivity index (χ3v) is 4.27. The van der Waals surface area contributed by atoms with E-state index in [1.165, 1.54) is 5.56 Å². The van der Waals surface area contributed by atoms with Crippen molar-refractivity contribution in [1.29, 1.82) is 0 Å². The van der Waals surface area contributed by atoms with Gasteiger partial charge in [-0.2, -0.15) is 0 Å². The average Bonchev–Trinajstić information content (AvgIpc) is 2.62. The largest absolute Gasteiger partial charge is 0.480 e. The third-order valence-electron chi connectivity index (χ3n) is 4.27. The lowest BCUT2D eigenvalue weighted by atomic mass is 10.0. The van der Waals surface area contributed by atoms with E-state index in [1.807, 2.05) is 66.7 Å². The second-order valence-corrected chi connectivity index (χ2v) is 6.50. The van der Waals surface area contributed by atoms with Gasteiger partial charge < -0.3 is 10.1 Å². The van der Waals surface area contributed by atoms with Gasteiger partial charge in [0.1, 0.15) is 5.75 Å². The van der Waals surface area contributed by atoms with Crippen LogP contribution in [0.3, 0.4) is 0 Å². The minimum absolute atomic E-state index is 0.162. The molecule has 128 valence electrons. The number of hydrogen-bond acceptors (Lipinski definition) is 2. The molecule has 0 bridgehead atoms. The lowest BCUT2D eigenvalue weighted by Crippen LogP contribution is -2.30. The van der Waals surface area contributed by atoms with E-state index in [0.717, 1.165) is 22.2 Å². The first-order chi connectivity index (χ1) is 12.0. The van der Waals surface area contributed by atoms with E-state index in [4.69, 9.17) is 4.74 Å². The topological polar surface area (TPSA) is 38.3 Å². The summed E-state index contributed by atoms with van der Waals surface area (Å²) in [6, 6.07) is 21.8. The summed E-state index contributed by atoms with van der Waals surface area (Å²) in [7, 11) is 0. The van der Waals surface area contributed by atoms with Crippen molar-refractivity contribution in [1.82, 2.24) is 0 Å². The predicted molar refractivity (Wildman–Crippen MR) is 103 cm³/mol. The monoisotopic (exact) mass is 333 g/mol. The standard InChI is InChI=1S/C22H23NO2/c1-15(2)17-11-13-19(14-12-17)23-22(24)16(3)25-21-10-6-8-18-7-4-5-9-20(18)21/h4-16H,1-3H3,(H,23,24)/t16-/m0/s1. The van der Waals surface area contributed by atoms with Crippen molar-refractivity contribution in [2.75, 3.05) is 5.32 Å². The Balaban J connectivity index is 1.70. The van der Waals surface area contributed by atoms with Gasteiger partial charge in [-0.25, -0.2) is 0 Å². The summed E-state index contributed by atoms with van der Waals surface area (Å²) in [5.41, 5.74) is 2.03. The second-order valence-electron chi connectivity index (χ2n) is 6.50. The highest BCUT2D eigenvalue weighted by molar-refractivity contribution is 5.95. The normalized spacial score (nSPS) is 12.2. The van der Waals surface area contributed by atoms with E-state index in [1.54, 1.807) is 6.92 Å². The number of amides is 1. The number of benzene rings is 3. The van der Waals surface area contributed by atoms with E-state index in [-0.39, 0.29) is 5.91 Å². The van der Waals surface area contributed by atoms with E-state index in [0.29, 0.717) is 5.92 Å². The Hall–Kier alpha value is -2.81. The SMILES string of the molecule is CC(C)c1ccc(NC(=O)[C@H](C)Oc2cccc3ccccc23)cc1. The van der Waals surface area contributed by atoms with Crippen LogP contribution in [0.1, 0.15) is 32.3 Å². The van der Waals surface area contributed by atoms with Gasteiger partial charge in [0.2, 0.25) is 0 Å². The molecule has 1 amide bonds. The molecule has 0 aliphatic carbocycles. The van der Waals surface area contributed by atoms with Gasteiger partial charge in [-0.3, -0.25) is 4.79 Å². The van der Waals surface area contributed by atoms with Crippen LogP contribution in [0, 0.1) is 0 Å². The Kier molecular flexibility index (Phi) is 5.03. The lowest BCUT2D eigenvalue weighted by Gasteiger charge is -2.16. The van der Waals surface area contributed by atoms with Gasteiger partial charge in [-0.15, -0.1) is 0 Å². The summed E-state index contributed by atoms with van der Waals surface area (Å²) >= 11 is 0. The van der Waals surface area contributed by atoms with Gasteiger partial charge in [-0.1, -0.05) is 62.4 Å². The van der Waals surface area contributed by atoms with Crippen molar-refractivity contribution in [3.63, 3.8) is 0 Å². The summed E-state index contributed by atoms with van der Waals surface area (Å²) in [5.74, 6) is 1.03. The fourth-order valence-corrected chi connectivity index (χ4v) is 2.74. The highest BCUT2D eigenvalue weighted by Crippen LogP contribution is 2.26.